The topological polar surface area (TPSA) is 61.9 Å². The van der Waals surface area contributed by atoms with E-state index in [1.54, 1.807) is 30.2 Å². The molecule has 2 bridgehead atoms. The Morgan fingerprint density at radius 3 is 2.61 bits per heavy atom. The molecule has 1 N–H and O–H groups in total. The van der Waals surface area contributed by atoms with E-state index in [4.69, 9.17) is 16.3 Å². The highest BCUT2D eigenvalue weighted by Gasteiger charge is 2.41. The fourth-order valence-electron chi connectivity index (χ4n) is 4.79. The first-order valence-electron chi connectivity index (χ1n) is 9.63. The molecule has 1 aromatic rings. The molecule has 0 saturated carbocycles. The van der Waals surface area contributed by atoms with Gasteiger partial charge < -0.3 is 19.9 Å². The SMILES string of the molecule is COc1ccc(Cl)cc1N1CC(C(=O)N(C)C2CC3CCC(C2)N3)CC1=O.Cl. The molecule has 1 aromatic carbocycles. The number of methoxy groups -OCH3 is 1. The molecule has 3 heterocycles. The monoisotopic (exact) mass is 427 g/mol. The van der Waals surface area contributed by atoms with Crippen molar-refractivity contribution in [3.8, 4) is 5.75 Å². The predicted molar refractivity (Wildman–Crippen MR) is 111 cm³/mol. The van der Waals surface area contributed by atoms with Crippen LogP contribution in [0.3, 0.4) is 0 Å². The van der Waals surface area contributed by atoms with Gasteiger partial charge in [-0.15, -0.1) is 12.4 Å². The van der Waals surface area contributed by atoms with E-state index < -0.39 is 0 Å². The second-order valence-corrected chi connectivity index (χ2v) is 8.37. The number of halogens is 2. The number of nitrogens with zero attached hydrogens (tertiary/aromatic N) is 2. The average Bonchev–Trinajstić information content (AvgIpc) is 3.22. The Balaban J connectivity index is 0.00000225. The minimum Gasteiger partial charge on any atom is -0.495 e. The van der Waals surface area contributed by atoms with Crippen LogP contribution in [0.5, 0.6) is 5.75 Å². The van der Waals surface area contributed by atoms with Crippen molar-refractivity contribution in [2.24, 2.45) is 5.92 Å². The second-order valence-electron chi connectivity index (χ2n) is 7.93. The van der Waals surface area contributed by atoms with Gasteiger partial charge in [-0.2, -0.15) is 0 Å². The summed E-state index contributed by atoms with van der Waals surface area (Å²) in [6, 6.07) is 6.52. The third kappa shape index (κ3) is 3.95. The summed E-state index contributed by atoms with van der Waals surface area (Å²) < 4.78 is 5.38. The molecular formula is C20H27Cl2N3O3. The van der Waals surface area contributed by atoms with Crippen LogP contribution in [0.2, 0.25) is 5.02 Å². The summed E-state index contributed by atoms with van der Waals surface area (Å²) in [6.07, 6.45) is 4.65. The van der Waals surface area contributed by atoms with Crippen molar-refractivity contribution in [2.45, 2.75) is 50.2 Å². The number of ether oxygens (including phenoxy) is 1. The maximum absolute atomic E-state index is 13.1. The Hall–Kier alpha value is -1.50. The standard InChI is InChI=1S/C20H26ClN3O3.ClH/c1-23(16-9-14-4-5-15(10-16)22-14)20(26)12-7-19(25)24(11-12)17-8-13(21)3-6-18(17)27-2;/h3,6,8,12,14-16,22H,4-5,7,9-11H2,1-2H3;1H. The van der Waals surface area contributed by atoms with Crippen LogP contribution in [0.25, 0.3) is 0 Å². The number of fused-ring (bicyclic) bond motifs is 2. The molecule has 3 fully saturated rings. The van der Waals surface area contributed by atoms with Crippen LogP contribution < -0.4 is 15.0 Å². The van der Waals surface area contributed by atoms with Crippen molar-refractivity contribution in [1.82, 2.24) is 10.2 Å². The first kappa shape index (κ1) is 21.2. The van der Waals surface area contributed by atoms with Crippen LogP contribution in [-0.2, 0) is 9.59 Å². The van der Waals surface area contributed by atoms with E-state index in [-0.39, 0.29) is 42.6 Å². The van der Waals surface area contributed by atoms with Crippen molar-refractivity contribution in [1.29, 1.82) is 0 Å². The normalized spacial score (nSPS) is 28.8. The largest absolute Gasteiger partial charge is 0.495 e. The number of amides is 2. The quantitative estimate of drug-likeness (QED) is 0.802. The lowest BCUT2D eigenvalue weighted by molar-refractivity contribution is -0.137. The number of anilines is 1. The minimum absolute atomic E-state index is 0. The molecule has 6 nitrogen and oxygen atoms in total. The molecular weight excluding hydrogens is 401 g/mol. The van der Waals surface area contributed by atoms with Crippen molar-refractivity contribution < 1.29 is 14.3 Å². The van der Waals surface area contributed by atoms with Gasteiger partial charge in [-0.05, 0) is 43.9 Å². The highest BCUT2D eigenvalue weighted by molar-refractivity contribution is 6.31. The molecule has 3 atom stereocenters. The molecule has 28 heavy (non-hydrogen) atoms. The molecule has 0 radical (unpaired) electrons. The van der Waals surface area contributed by atoms with Gasteiger partial charge in [0.2, 0.25) is 11.8 Å². The maximum Gasteiger partial charge on any atom is 0.228 e. The summed E-state index contributed by atoms with van der Waals surface area (Å²) in [4.78, 5) is 29.2. The van der Waals surface area contributed by atoms with Crippen molar-refractivity contribution in [3.63, 3.8) is 0 Å². The molecule has 4 rings (SSSR count). The molecule has 154 valence electrons. The van der Waals surface area contributed by atoms with Crippen LogP contribution in [0.4, 0.5) is 5.69 Å². The van der Waals surface area contributed by atoms with E-state index in [1.807, 2.05) is 11.9 Å². The molecule has 8 heteroatoms. The third-order valence-electron chi connectivity index (χ3n) is 6.25. The van der Waals surface area contributed by atoms with E-state index in [0.717, 1.165) is 12.8 Å². The minimum atomic E-state index is -0.321. The Morgan fingerprint density at radius 1 is 1.29 bits per heavy atom. The highest BCUT2D eigenvalue weighted by atomic mass is 35.5. The number of nitrogens with one attached hydrogen (secondary N) is 1. The van der Waals surface area contributed by atoms with Crippen molar-refractivity contribution in [2.75, 3.05) is 25.6 Å². The van der Waals surface area contributed by atoms with E-state index in [9.17, 15) is 9.59 Å². The van der Waals surface area contributed by atoms with E-state index in [2.05, 4.69) is 5.32 Å². The Bertz CT molecular complexity index is 748. The first-order valence-corrected chi connectivity index (χ1v) is 10.0. The van der Waals surface area contributed by atoms with Crippen LogP contribution >= 0.6 is 24.0 Å². The fourth-order valence-corrected chi connectivity index (χ4v) is 4.96. The lowest BCUT2D eigenvalue weighted by Crippen LogP contribution is -2.50. The highest BCUT2D eigenvalue weighted by Crippen LogP contribution is 2.36. The summed E-state index contributed by atoms with van der Waals surface area (Å²) in [5, 5.41) is 4.15. The zero-order valence-electron chi connectivity index (χ0n) is 16.2. The Kier molecular flexibility index (Phi) is 6.42. The summed E-state index contributed by atoms with van der Waals surface area (Å²) in [6.45, 7) is 0.372. The van der Waals surface area contributed by atoms with Gasteiger partial charge in [0.1, 0.15) is 5.75 Å². The van der Waals surface area contributed by atoms with Gasteiger partial charge in [0.25, 0.3) is 0 Å². The number of hydrogen-bond acceptors (Lipinski definition) is 4. The Labute approximate surface area is 176 Å². The third-order valence-corrected chi connectivity index (χ3v) is 6.48. The molecule has 0 aliphatic carbocycles. The van der Waals surface area contributed by atoms with Gasteiger partial charge in [0, 0.05) is 43.2 Å². The van der Waals surface area contributed by atoms with Gasteiger partial charge >= 0.3 is 0 Å². The molecule has 3 aliphatic rings. The summed E-state index contributed by atoms with van der Waals surface area (Å²) in [5.74, 6) is 0.272. The molecule has 3 aliphatic heterocycles. The summed E-state index contributed by atoms with van der Waals surface area (Å²) >= 11 is 6.11. The number of piperidine rings is 1. The number of carbonyl (C=O) groups excluding carboxylic acids is 2. The van der Waals surface area contributed by atoms with Crippen molar-refractivity contribution in [3.05, 3.63) is 23.2 Å². The number of benzene rings is 1. The van der Waals surface area contributed by atoms with Crippen molar-refractivity contribution >= 4 is 41.5 Å². The average molecular weight is 428 g/mol. The predicted octanol–water partition coefficient (Wildman–Crippen LogP) is 2.86. The van der Waals surface area contributed by atoms with Gasteiger partial charge in [-0.25, -0.2) is 0 Å². The number of hydrogen-bond donors (Lipinski definition) is 1. The molecule has 3 unspecified atom stereocenters. The molecule has 0 aromatic heterocycles. The number of carbonyl (C=O) groups is 2. The van der Waals surface area contributed by atoms with E-state index >= 15 is 0 Å². The van der Waals surface area contributed by atoms with E-state index in [0.29, 0.717) is 35.1 Å². The Morgan fingerprint density at radius 2 is 1.96 bits per heavy atom. The number of rotatable bonds is 4. The zero-order chi connectivity index (χ0) is 19.1. The van der Waals surface area contributed by atoms with Crippen LogP contribution in [0.15, 0.2) is 18.2 Å². The fraction of sp³-hybridized carbons (Fsp3) is 0.600. The molecule has 2 amide bonds. The smallest absolute Gasteiger partial charge is 0.228 e. The summed E-state index contributed by atoms with van der Waals surface area (Å²) in [5.41, 5.74) is 0.632. The lowest BCUT2D eigenvalue weighted by atomic mass is 9.97. The van der Waals surface area contributed by atoms with Gasteiger partial charge in [-0.3, -0.25) is 9.59 Å². The van der Waals surface area contributed by atoms with Crippen LogP contribution in [0.1, 0.15) is 32.1 Å². The second kappa shape index (κ2) is 8.47. The maximum atomic E-state index is 13.1. The summed E-state index contributed by atoms with van der Waals surface area (Å²) in [7, 11) is 3.46. The van der Waals surface area contributed by atoms with Gasteiger partial charge in [0.15, 0.2) is 0 Å². The van der Waals surface area contributed by atoms with Crippen LogP contribution in [0, 0.1) is 5.92 Å². The lowest BCUT2D eigenvalue weighted by Gasteiger charge is -2.36. The zero-order valence-corrected chi connectivity index (χ0v) is 17.8. The first-order chi connectivity index (χ1) is 13.0. The van der Waals surface area contributed by atoms with Gasteiger partial charge in [-0.1, -0.05) is 11.6 Å². The van der Waals surface area contributed by atoms with Crippen LogP contribution in [-0.4, -0.2) is 55.5 Å². The molecule has 0 spiro atoms. The molecule has 3 saturated heterocycles. The van der Waals surface area contributed by atoms with Gasteiger partial charge in [0.05, 0.1) is 18.7 Å². The van der Waals surface area contributed by atoms with E-state index in [1.165, 1.54) is 12.8 Å².